The van der Waals surface area contributed by atoms with Crippen LogP contribution in [0.15, 0.2) is 57.8 Å². The van der Waals surface area contributed by atoms with Crippen molar-refractivity contribution in [3.05, 3.63) is 69.2 Å². The predicted molar refractivity (Wildman–Crippen MR) is 137 cm³/mol. The van der Waals surface area contributed by atoms with Crippen LogP contribution in [0.2, 0.25) is 0 Å². The van der Waals surface area contributed by atoms with Crippen LogP contribution >= 0.6 is 15.9 Å². The second-order valence-corrected chi connectivity index (χ2v) is 8.66. The van der Waals surface area contributed by atoms with Crippen LogP contribution in [0.4, 0.5) is 10.5 Å². The van der Waals surface area contributed by atoms with Crippen molar-refractivity contribution in [3.63, 3.8) is 0 Å². The number of urea groups is 1. The lowest BCUT2D eigenvalue weighted by Crippen LogP contribution is -2.42. The predicted octanol–water partition coefficient (Wildman–Crippen LogP) is 4.83. The van der Waals surface area contributed by atoms with Gasteiger partial charge in [-0.05, 0) is 53.0 Å². The molecule has 0 aliphatic heterocycles. The number of nitrogens with one attached hydrogen (secondary N) is 1. The monoisotopic (exact) mass is 530 g/mol. The van der Waals surface area contributed by atoms with Crippen molar-refractivity contribution < 1.29 is 14.3 Å². The van der Waals surface area contributed by atoms with E-state index < -0.39 is 6.04 Å². The van der Waals surface area contributed by atoms with Crippen LogP contribution in [-0.4, -0.2) is 54.5 Å². The van der Waals surface area contributed by atoms with Gasteiger partial charge < -0.3 is 19.7 Å². The quantitative estimate of drug-likeness (QED) is 0.359. The van der Waals surface area contributed by atoms with Gasteiger partial charge in [0.1, 0.15) is 5.82 Å². The Kier molecular flexibility index (Phi) is 9.62. The molecule has 0 bridgehead atoms. The van der Waals surface area contributed by atoms with Gasteiger partial charge in [0.25, 0.3) is 5.56 Å². The summed E-state index contributed by atoms with van der Waals surface area (Å²) in [5.74, 6) is 0.544. The zero-order valence-electron chi connectivity index (χ0n) is 19.8. The zero-order chi connectivity index (χ0) is 24.5. The normalized spacial score (nSPS) is 12.0. The molecule has 0 radical (unpaired) electrons. The number of aromatic nitrogens is 2. The molecule has 1 N–H and O–H groups in total. The molecule has 2 amide bonds. The van der Waals surface area contributed by atoms with Crippen molar-refractivity contribution in [1.29, 1.82) is 0 Å². The topological polar surface area (TPSA) is 85.7 Å². The Morgan fingerprint density at radius 2 is 1.82 bits per heavy atom. The molecule has 1 unspecified atom stereocenters. The van der Waals surface area contributed by atoms with Crippen molar-refractivity contribution in [2.75, 3.05) is 39.3 Å². The van der Waals surface area contributed by atoms with Crippen LogP contribution in [0, 0.1) is 0 Å². The van der Waals surface area contributed by atoms with Crippen molar-refractivity contribution in [2.45, 2.75) is 32.4 Å². The Labute approximate surface area is 208 Å². The lowest BCUT2D eigenvalue weighted by molar-refractivity contribution is 0.150. The van der Waals surface area contributed by atoms with E-state index in [4.69, 9.17) is 14.5 Å². The van der Waals surface area contributed by atoms with Crippen molar-refractivity contribution >= 4 is 38.6 Å². The number of hydrogen-bond acceptors (Lipinski definition) is 5. The van der Waals surface area contributed by atoms with Gasteiger partial charge in [0.15, 0.2) is 0 Å². The Hall–Kier alpha value is -2.75. The maximum absolute atomic E-state index is 13.5. The largest absolute Gasteiger partial charge is 0.385 e. The number of anilines is 1. The summed E-state index contributed by atoms with van der Waals surface area (Å²) in [7, 11) is 3.23. The standard InChI is InChI=1S/C25H31BrN4O4/c1-4-22(23-27-20-12-7-5-10-18(20)24(31)30(23)15-17-34-3)29(14-9-16-33-2)25(32)28-21-13-8-6-11-19(21)26/h5-8,10-13,22H,4,9,14-17H2,1-3H3,(H,28,32). The molecule has 9 heteroatoms. The fraction of sp³-hybridized carbons (Fsp3) is 0.400. The molecular weight excluding hydrogens is 500 g/mol. The molecule has 2 aromatic carbocycles. The molecule has 0 aliphatic carbocycles. The number of halogens is 1. The van der Waals surface area contributed by atoms with E-state index in [0.29, 0.717) is 61.6 Å². The van der Waals surface area contributed by atoms with E-state index in [1.165, 1.54) is 0 Å². The highest BCUT2D eigenvalue weighted by Crippen LogP contribution is 2.27. The second kappa shape index (κ2) is 12.6. The maximum atomic E-state index is 13.5. The van der Waals surface area contributed by atoms with Crippen LogP contribution in [0.25, 0.3) is 10.9 Å². The van der Waals surface area contributed by atoms with Gasteiger partial charge in [-0.1, -0.05) is 31.2 Å². The van der Waals surface area contributed by atoms with Gasteiger partial charge in [0, 0.05) is 31.8 Å². The summed E-state index contributed by atoms with van der Waals surface area (Å²) in [6.07, 6.45) is 1.22. The average molecular weight is 531 g/mol. The highest BCUT2D eigenvalue weighted by atomic mass is 79.9. The van der Waals surface area contributed by atoms with Gasteiger partial charge in [0.05, 0.1) is 35.8 Å². The smallest absolute Gasteiger partial charge is 0.322 e. The molecule has 34 heavy (non-hydrogen) atoms. The van der Waals surface area contributed by atoms with E-state index in [1.54, 1.807) is 29.8 Å². The van der Waals surface area contributed by atoms with Gasteiger partial charge in [-0.25, -0.2) is 9.78 Å². The third kappa shape index (κ3) is 6.02. The highest BCUT2D eigenvalue weighted by Gasteiger charge is 2.28. The fourth-order valence-corrected chi connectivity index (χ4v) is 4.29. The first-order valence-corrected chi connectivity index (χ1v) is 12.1. The molecule has 1 atom stereocenters. The van der Waals surface area contributed by atoms with E-state index in [1.807, 2.05) is 49.4 Å². The van der Waals surface area contributed by atoms with Crippen molar-refractivity contribution in [2.24, 2.45) is 0 Å². The minimum absolute atomic E-state index is 0.140. The number of amides is 2. The summed E-state index contributed by atoms with van der Waals surface area (Å²) in [6, 6.07) is 14.0. The molecular formula is C25H31BrN4O4. The Morgan fingerprint density at radius 1 is 1.12 bits per heavy atom. The Balaban J connectivity index is 2.07. The fourth-order valence-electron chi connectivity index (χ4n) is 3.91. The van der Waals surface area contributed by atoms with Gasteiger partial charge in [-0.15, -0.1) is 0 Å². The molecule has 3 aromatic rings. The zero-order valence-corrected chi connectivity index (χ0v) is 21.4. The van der Waals surface area contributed by atoms with E-state index in [2.05, 4.69) is 21.2 Å². The molecule has 182 valence electrons. The molecule has 3 rings (SSSR count). The van der Waals surface area contributed by atoms with E-state index in [0.717, 1.165) is 4.47 Å². The first-order valence-electron chi connectivity index (χ1n) is 11.3. The van der Waals surface area contributed by atoms with E-state index in [9.17, 15) is 9.59 Å². The molecule has 0 spiro atoms. The molecule has 0 aliphatic rings. The van der Waals surface area contributed by atoms with Crippen molar-refractivity contribution in [3.8, 4) is 0 Å². The third-order valence-electron chi connectivity index (χ3n) is 5.59. The first-order chi connectivity index (χ1) is 16.5. The van der Waals surface area contributed by atoms with Crippen molar-refractivity contribution in [1.82, 2.24) is 14.5 Å². The average Bonchev–Trinajstić information content (AvgIpc) is 2.84. The molecule has 0 fully saturated rings. The van der Waals surface area contributed by atoms with Gasteiger partial charge >= 0.3 is 6.03 Å². The summed E-state index contributed by atoms with van der Waals surface area (Å²) >= 11 is 3.49. The molecule has 0 saturated heterocycles. The molecule has 8 nitrogen and oxygen atoms in total. The van der Waals surface area contributed by atoms with Gasteiger partial charge in [-0.2, -0.15) is 0 Å². The maximum Gasteiger partial charge on any atom is 0.322 e. The minimum atomic E-state index is -0.423. The number of rotatable bonds is 11. The third-order valence-corrected chi connectivity index (χ3v) is 6.29. The number of carbonyl (C=O) groups excluding carboxylic acids is 1. The summed E-state index contributed by atoms with van der Waals surface area (Å²) in [6.45, 7) is 3.64. The number of para-hydroxylation sites is 2. The first kappa shape index (κ1) is 25.9. The van der Waals surface area contributed by atoms with E-state index >= 15 is 0 Å². The van der Waals surface area contributed by atoms with Crippen LogP contribution in [0.1, 0.15) is 31.6 Å². The minimum Gasteiger partial charge on any atom is -0.385 e. The number of nitrogens with zero attached hydrogens (tertiary/aromatic N) is 3. The highest BCUT2D eigenvalue weighted by molar-refractivity contribution is 9.10. The molecule has 1 aromatic heterocycles. The summed E-state index contributed by atoms with van der Waals surface area (Å²) in [5, 5.41) is 3.54. The molecule has 0 saturated carbocycles. The number of carbonyl (C=O) groups is 1. The number of benzene rings is 2. The number of methoxy groups -OCH3 is 2. The van der Waals surface area contributed by atoms with Crippen LogP contribution < -0.4 is 10.9 Å². The summed E-state index contributed by atoms with van der Waals surface area (Å²) in [5.41, 5.74) is 1.14. The van der Waals surface area contributed by atoms with Gasteiger partial charge in [0.2, 0.25) is 0 Å². The lowest BCUT2D eigenvalue weighted by atomic mass is 10.1. The van der Waals surface area contributed by atoms with Crippen LogP contribution in [0.5, 0.6) is 0 Å². The Morgan fingerprint density at radius 3 is 2.53 bits per heavy atom. The van der Waals surface area contributed by atoms with E-state index in [-0.39, 0.29) is 11.6 Å². The second-order valence-electron chi connectivity index (χ2n) is 7.81. The number of fused-ring (bicyclic) bond motifs is 1. The lowest BCUT2D eigenvalue weighted by Gasteiger charge is -2.32. The van der Waals surface area contributed by atoms with Crippen LogP contribution in [0.3, 0.4) is 0 Å². The van der Waals surface area contributed by atoms with Crippen LogP contribution in [-0.2, 0) is 16.0 Å². The SMILES string of the molecule is CCC(c1nc2ccccc2c(=O)n1CCOC)N(CCCOC)C(=O)Nc1ccccc1Br. The Bertz CT molecular complexity index is 1170. The number of ether oxygens (including phenoxy) is 2. The molecule has 1 heterocycles. The number of hydrogen-bond donors (Lipinski definition) is 1. The van der Waals surface area contributed by atoms with Gasteiger partial charge in [-0.3, -0.25) is 9.36 Å². The summed E-state index contributed by atoms with van der Waals surface area (Å²) < 4.78 is 12.9. The summed E-state index contributed by atoms with van der Waals surface area (Å²) in [4.78, 5) is 33.5.